The van der Waals surface area contributed by atoms with Crippen LogP contribution in [0.25, 0.3) is 0 Å². The van der Waals surface area contributed by atoms with E-state index in [1.807, 2.05) is 0 Å². The summed E-state index contributed by atoms with van der Waals surface area (Å²) < 4.78 is 13.6. The molecular formula is C8H12FNO3. The number of rotatable bonds is 1. The van der Waals surface area contributed by atoms with Gasteiger partial charge in [0.2, 0.25) is 11.6 Å². The van der Waals surface area contributed by atoms with Crippen LogP contribution >= 0.6 is 0 Å². The third-order valence-corrected chi connectivity index (χ3v) is 2.50. The number of amides is 1. The number of nitrogens with zero attached hydrogens (tertiary/aromatic N) is 1. The number of carbonyl (C=O) groups is 2. The maximum atomic E-state index is 13.6. The number of hydrogen-bond acceptors (Lipinski definition) is 2. The van der Waals surface area contributed by atoms with E-state index in [1.165, 1.54) is 18.7 Å². The van der Waals surface area contributed by atoms with Gasteiger partial charge in [-0.3, -0.25) is 4.79 Å². The molecule has 0 aliphatic carbocycles. The molecule has 1 N–H and O–H groups in total. The zero-order valence-electron chi connectivity index (χ0n) is 7.58. The third-order valence-electron chi connectivity index (χ3n) is 2.50. The number of aliphatic carboxylic acids is 1. The summed E-state index contributed by atoms with van der Waals surface area (Å²) in [6.07, 6.45) is 0. The minimum atomic E-state index is -2.27. The van der Waals surface area contributed by atoms with Crippen LogP contribution in [0.1, 0.15) is 13.8 Å². The van der Waals surface area contributed by atoms with Gasteiger partial charge < -0.3 is 10.0 Å². The van der Waals surface area contributed by atoms with Crippen LogP contribution in [0, 0.1) is 5.92 Å². The smallest absolute Gasteiger partial charge is 0.343 e. The number of carboxylic acids is 1. The molecule has 0 spiro atoms. The summed E-state index contributed by atoms with van der Waals surface area (Å²) in [5, 5.41) is 8.63. The first-order valence-corrected chi connectivity index (χ1v) is 4.05. The first-order chi connectivity index (χ1) is 5.88. The third kappa shape index (κ3) is 1.50. The van der Waals surface area contributed by atoms with E-state index >= 15 is 0 Å². The van der Waals surface area contributed by atoms with Crippen LogP contribution in [-0.4, -0.2) is 40.6 Å². The first kappa shape index (κ1) is 9.95. The summed E-state index contributed by atoms with van der Waals surface area (Å²) in [7, 11) is 0. The summed E-state index contributed by atoms with van der Waals surface area (Å²) in [5.74, 6) is -2.41. The maximum Gasteiger partial charge on any atom is 0.343 e. The van der Waals surface area contributed by atoms with E-state index in [2.05, 4.69) is 0 Å². The predicted molar refractivity (Wildman–Crippen MR) is 42.9 cm³/mol. The highest BCUT2D eigenvalue weighted by Gasteiger charge is 2.51. The molecule has 1 fully saturated rings. The second-order valence-corrected chi connectivity index (χ2v) is 3.47. The lowest BCUT2D eigenvalue weighted by atomic mass is 9.95. The van der Waals surface area contributed by atoms with Gasteiger partial charge in [0.25, 0.3) is 0 Å². The van der Waals surface area contributed by atoms with Crippen molar-refractivity contribution in [2.24, 2.45) is 5.92 Å². The first-order valence-electron chi connectivity index (χ1n) is 4.05. The fourth-order valence-electron chi connectivity index (χ4n) is 1.49. The molecule has 1 aliphatic rings. The molecule has 1 saturated heterocycles. The van der Waals surface area contributed by atoms with Gasteiger partial charge >= 0.3 is 5.97 Å². The molecule has 13 heavy (non-hydrogen) atoms. The lowest BCUT2D eigenvalue weighted by Gasteiger charge is -2.17. The molecule has 1 rings (SSSR count). The van der Waals surface area contributed by atoms with Crippen LogP contribution in [-0.2, 0) is 9.59 Å². The van der Waals surface area contributed by atoms with E-state index in [9.17, 15) is 14.0 Å². The predicted octanol–water partition coefficient (Wildman–Crippen LogP) is 0.278. The van der Waals surface area contributed by atoms with E-state index in [-0.39, 0.29) is 19.0 Å². The largest absolute Gasteiger partial charge is 0.479 e. The lowest BCUT2D eigenvalue weighted by Crippen LogP contribution is -2.41. The van der Waals surface area contributed by atoms with Crippen LogP contribution in [0.4, 0.5) is 4.39 Å². The van der Waals surface area contributed by atoms with Gasteiger partial charge in [-0.05, 0) is 0 Å². The van der Waals surface area contributed by atoms with Crippen molar-refractivity contribution in [2.45, 2.75) is 19.5 Å². The van der Waals surface area contributed by atoms with E-state index in [4.69, 9.17) is 5.11 Å². The Morgan fingerprint density at radius 3 is 2.38 bits per heavy atom. The normalized spacial score (nSPS) is 33.5. The Bertz CT molecular complexity index is 256. The summed E-state index contributed by atoms with van der Waals surface area (Å²) in [5.41, 5.74) is -2.27. The van der Waals surface area contributed by atoms with Crippen molar-refractivity contribution < 1.29 is 19.1 Å². The number of likely N-dealkylation sites (tertiary alicyclic amines) is 1. The van der Waals surface area contributed by atoms with Crippen molar-refractivity contribution in [1.82, 2.24) is 4.90 Å². The fourth-order valence-corrected chi connectivity index (χ4v) is 1.49. The molecule has 1 aliphatic heterocycles. The monoisotopic (exact) mass is 189 g/mol. The number of carboxylic acid groups (broad SMARTS) is 1. The molecule has 0 unspecified atom stereocenters. The van der Waals surface area contributed by atoms with Crippen LogP contribution < -0.4 is 0 Å². The minimum Gasteiger partial charge on any atom is -0.479 e. The average molecular weight is 189 g/mol. The highest BCUT2D eigenvalue weighted by Crippen LogP contribution is 2.31. The molecule has 0 saturated carbocycles. The van der Waals surface area contributed by atoms with Crippen LogP contribution in [0.2, 0.25) is 0 Å². The number of alkyl halides is 1. The Kier molecular flexibility index (Phi) is 2.28. The van der Waals surface area contributed by atoms with E-state index < -0.39 is 17.6 Å². The van der Waals surface area contributed by atoms with Crippen LogP contribution in [0.15, 0.2) is 0 Å². The Morgan fingerprint density at radius 2 is 2.15 bits per heavy atom. The molecule has 74 valence electrons. The Labute approximate surface area is 75.3 Å². The van der Waals surface area contributed by atoms with Gasteiger partial charge in [-0.25, -0.2) is 9.18 Å². The molecular weight excluding hydrogens is 177 g/mol. The second kappa shape index (κ2) is 2.97. The summed E-state index contributed by atoms with van der Waals surface area (Å²) in [6.45, 7) is 2.65. The Morgan fingerprint density at radius 1 is 1.62 bits per heavy atom. The van der Waals surface area contributed by atoms with Gasteiger partial charge in [0, 0.05) is 19.4 Å². The van der Waals surface area contributed by atoms with Crippen molar-refractivity contribution >= 4 is 11.9 Å². The molecule has 1 amide bonds. The lowest BCUT2D eigenvalue weighted by molar-refractivity contribution is -0.152. The van der Waals surface area contributed by atoms with E-state index in [0.717, 1.165) is 0 Å². The molecule has 2 atom stereocenters. The van der Waals surface area contributed by atoms with Gasteiger partial charge in [0.05, 0.1) is 6.54 Å². The molecule has 0 radical (unpaired) electrons. The number of halogens is 1. The molecule has 5 heteroatoms. The maximum absolute atomic E-state index is 13.6. The second-order valence-electron chi connectivity index (χ2n) is 3.47. The van der Waals surface area contributed by atoms with E-state index in [1.54, 1.807) is 0 Å². The molecule has 0 aromatic heterocycles. The molecule has 0 aromatic carbocycles. The SMILES string of the molecule is CC(=O)N1C[C@@H](C)[C@](F)(C(=O)O)C1. The van der Waals surface area contributed by atoms with Gasteiger partial charge in [-0.1, -0.05) is 6.92 Å². The van der Waals surface area contributed by atoms with Crippen LogP contribution in [0.5, 0.6) is 0 Å². The average Bonchev–Trinajstić information content (AvgIpc) is 2.30. The highest BCUT2D eigenvalue weighted by atomic mass is 19.1. The van der Waals surface area contributed by atoms with Crippen LogP contribution in [0.3, 0.4) is 0 Å². The topological polar surface area (TPSA) is 57.6 Å². The van der Waals surface area contributed by atoms with Gasteiger partial charge in [-0.15, -0.1) is 0 Å². The highest BCUT2D eigenvalue weighted by molar-refractivity contribution is 5.81. The molecule has 0 bridgehead atoms. The number of carbonyl (C=O) groups excluding carboxylic acids is 1. The Balaban J connectivity index is 2.82. The molecule has 0 aromatic rings. The standard InChI is InChI=1S/C8H12FNO3/c1-5-3-10(6(2)11)4-8(5,9)7(12)13/h5H,3-4H2,1-2H3,(H,12,13)/t5-,8+/m1/s1. The van der Waals surface area contributed by atoms with Gasteiger partial charge in [-0.2, -0.15) is 0 Å². The summed E-state index contributed by atoms with van der Waals surface area (Å²) in [6, 6.07) is 0. The zero-order chi connectivity index (χ0) is 10.2. The van der Waals surface area contributed by atoms with E-state index in [0.29, 0.717) is 0 Å². The quantitative estimate of drug-likeness (QED) is 0.644. The van der Waals surface area contributed by atoms with Crippen molar-refractivity contribution in [3.8, 4) is 0 Å². The fraction of sp³-hybridized carbons (Fsp3) is 0.750. The Hall–Kier alpha value is -1.13. The van der Waals surface area contributed by atoms with Gasteiger partial charge in [0.15, 0.2) is 0 Å². The van der Waals surface area contributed by atoms with Crippen molar-refractivity contribution in [2.75, 3.05) is 13.1 Å². The molecule has 1 heterocycles. The molecule has 4 nitrogen and oxygen atoms in total. The van der Waals surface area contributed by atoms with Crippen molar-refractivity contribution in [1.29, 1.82) is 0 Å². The summed E-state index contributed by atoms with van der Waals surface area (Å²) in [4.78, 5) is 22.7. The summed E-state index contributed by atoms with van der Waals surface area (Å²) >= 11 is 0. The zero-order valence-corrected chi connectivity index (χ0v) is 7.58. The number of hydrogen-bond donors (Lipinski definition) is 1. The minimum absolute atomic E-state index is 0.179. The van der Waals surface area contributed by atoms with Crippen molar-refractivity contribution in [3.63, 3.8) is 0 Å². The van der Waals surface area contributed by atoms with Crippen molar-refractivity contribution in [3.05, 3.63) is 0 Å². The van der Waals surface area contributed by atoms with Gasteiger partial charge in [0.1, 0.15) is 0 Å².